The van der Waals surface area contributed by atoms with Crippen LogP contribution in [0.15, 0.2) is 0 Å². The second kappa shape index (κ2) is 4.69. The smallest absolute Gasteiger partial charge is 0.306 e. The van der Waals surface area contributed by atoms with Crippen LogP contribution in [0.4, 0.5) is 0 Å². The molecule has 0 spiro atoms. The second-order valence-electron chi connectivity index (χ2n) is 5.31. The zero-order valence-corrected chi connectivity index (χ0v) is 9.90. The van der Waals surface area contributed by atoms with Crippen molar-refractivity contribution in [1.29, 1.82) is 0 Å². The van der Waals surface area contributed by atoms with Gasteiger partial charge in [0.15, 0.2) is 6.61 Å². The number of nitrogens with two attached hydrogens (primary N) is 1. The Morgan fingerprint density at radius 3 is 2.44 bits per heavy atom. The number of hydrogen-bond donors (Lipinski definition) is 3. The monoisotopic (exact) mass is 231 g/mol. The van der Waals surface area contributed by atoms with Gasteiger partial charge in [-0.05, 0) is 30.6 Å². The van der Waals surface area contributed by atoms with Gasteiger partial charge in [-0.25, -0.2) is 0 Å². The standard InChI is InChI=1S/C11H21NO4/c1-8(2)5-10(3-4-10)6-9(13)16-7-11(12,14)15/h8,14-15H,3-7,12H2,1-2H3. The molecule has 0 saturated heterocycles. The van der Waals surface area contributed by atoms with Crippen molar-refractivity contribution in [3.8, 4) is 0 Å². The van der Waals surface area contributed by atoms with E-state index >= 15 is 0 Å². The molecule has 5 nitrogen and oxygen atoms in total. The van der Waals surface area contributed by atoms with Crippen LogP contribution in [0.1, 0.15) is 39.5 Å². The Hall–Kier alpha value is -0.650. The van der Waals surface area contributed by atoms with E-state index in [0.717, 1.165) is 19.3 Å². The van der Waals surface area contributed by atoms with Crippen LogP contribution in [-0.2, 0) is 9.53 Å². The third kappa shape index (κ3) is 4.92. The van der Waals surface area contributed by atoms with Crippen LogP contribution < -0.4 is 5.73 Å². The van der Waals surface area contributed by atoms with E-state index in [9.17, 15) is 4.79 Å². The van der Waals surface area contributed by atoms with Crippen LogP contribution in [-0.4, -0.2) is 28.7 Å². The van der Waals surface area contributed by atoms with Crippen LogP contribution in [0.3, 0.4) is 0 Å². The van der Waals surface area contributed by atoms with Gasteiger partial charge in [-0.1, -0.05) is 13.8 Å². The molecule has 0 heterocycles. The van der Waals surface area contributed by atoms with E-state index in [-0.39, 0.29) is 5.41 Å². The number of ether oxygens (including phenoxy) is 1. The molecule has 1 aliphatic rings. The maximum atomic E-state index is 11.4. The Balaban J connectivity index is 2.29. The van der Waals surface area contributed by atoms with Gasteiger partial charge in [0.2, 0.25) is 0 Å². The van der Waals surface area contributed by atoms with Crippen LogP contribution in [0, 0.1) is 11.3 Å². The molecule has 1 saturated carbocycles. The largest absolute Gasteiger partial charge is 0.458 e. The highest BCUT2D eigenvalue weighted by Crippen LogP contribution is 2.53. The summed E-state index contributed by atoms with van der Waals surface area (Å²) in [4.78, 5) is 11.4. The molecule has 0 aliphatic heterocycles. The molecular formula is C11H21NO4. The highest BCUT2D eigenvalue weighted by atomic mass is 16.6. The lowest BCUT2D eigenvalue weighted by Crippen LogP contribution is -2.44. The van der Waals surface area contributed by atoms with Gasteiger partial charge in [0.25, 0.3) is 5.91 Å². The summed E-state index contributed by atoms with van der Waals surface area (Å²) in [6.07, 6.45) is 3.45. The summed E-state index contributed by atoms with van der Waals surface area (Å²) in [6, 6.07) is 0. The van der Waals surface area contributed by atoms with Crippen molar-refractivity contribution < 1.29 is 19.7 Å². The first-order chi connectivity index (χ1) is 7.22. The number of esters is 1. The summed E-state index contributed by atoms with van der Waals surface area (Å²) in [7, 11) is 0. The Labute approximate surface area is 95.6 Å². The summed E-state index contributed by atoms with van der Waals surface area (Å²) in [5.41, 5.74) is 4.97. The van der Waals surface area contributed by atoms with Gasteiger partial charge in [0.1, 0.15) is 0 Å². The predicted molar refractivity (Wildman–Crippen MR) is 58.1 cm³/mol. The van der Waals surface area contributed by atoms with Crippen molar-refractivity contribution in [1.82, 2.24) is 0 Å². The number of carbonyl (C=O) groups is 1. The van der Waals surface area contributed by atoms with E-state index in [4.69, 9.17) is 20.7 Å². The minimum absolute atomic E-state index is 0.0907. The van der Waals surface area contributed by atoms with Crippen molar-refractivity contribution in [3.63, 3.8) is 0 Å². The van der Waals surface area contributed by atoms with Crippen molar-refractivity contribution in [2.24, 2.45) is 17.1 Å². The topological polar surface area (TPSA) is 92.8 Å². The maximum absolute atomic E-state index is 11.4. The molecule has 0 atom stereocenters. The molecule has 5 heteroatoms. The maximum Gasteiger partial charge on any atom is 0.306 e. The highest BCUT2D eigenvalue weighted by Gasteiger charge is 2.44. The summed E-state index contributed by atoms with van der Waals surface area (Å²) in [5, 5.41) is 17.6. The summed E-state index contributed by atoms with van der Waals surface area (Å²) >= 11 is 0. The predicted octanol–water partition coefficient (Wildman–Crippen LogP) is 0.343. The minimum Gasteiger partial charge on any atom is -0.458 e. The van der Waals surface area contributed by atoms with E-state index in [1.807, 2.05) is 0 Å². The molecule has 4 N–H and O–H groups in total. The van der Waals surface area contributed by atoms with Gasteiger partial charge in [0, 0.05) is 0 Å². The van der Waals surface area contributed by atoms with E-state index in [0.29, 0.717) is 12.3 Å². The molecule has 1 rings (SSSR count). The average molecular weight is 231 g/mol. The molecule has 1 aliphatic carbocycles. The first-order valence-electron chi connectivity index (χ1n) is 5.62. The van der Waals surface area contributed by atoms with Crippen LogP contribution in [0.2, 0.25) is 0 Å². The van der Waals surface area contributed by atoms with E-state index in [2.05, 4.69) is 13.8 Å². The number of hydrogen-bond acceptors (Lipinski definition) is 5. The summed E-state index contributed by atoms with van der Waals surface area (Å²) < 4.78 is 4.70. The molecule has 0 unspecified atom stereocenters. The number of aliphatic hydroxyl groups is 2. The third-order valence-electron chi connectivity index (χ3n) is 2.76. The van der Waals surface area contributed by atoms with Gasteiger partial charge in [-0.15, -0.1) is 0 Å². The molecule has 0 radical (unpaired) electrons. The zero-order chi connectivity index (χ0) is 12.4. The fourth-order valence-electron chi connectivity index (χ4n) is 2.04. The van der Waals surface area contributed by atoms with Gasteiger partial charge >= 0.3 is 5.97 Å². The van der Waals surface area contributed by atoms with Gasteiger partial charge < -0.3 is 14.9 Å². The first kappa shape index (κ1) is 13.4. The second-order valence-corrected chi connectivity index (χ2v) is 5.31. The summed E-state index contributed by atoms with van der Waals surface area (Å²) in [5.74, 6) is -2.28. The Kier molecular flexibility index (Phi) is 3.93. The Morgan fingerprint density at radius 2 is 2.06 bits per heavy atom. The van der Waals surface area contributed by atoms with Crippen molar-refractivity contribution in [2.75, 3.05) is 6.61 Å². The third-order valence-corrected chi connectivity index (χ3v) is 2.76. The lowest BCUT2D eigenvalue weighted by molar-refractivity contribution is -0.199. The van der Waals surface area contributed by atoms with Crippen LogP contribution in [0.5, 0.6) is 0 Å². The fraction of sp³-hybridized carbons (Fsp3) is 0.909. The number of rotatable bonds is 6. The van der Waals surface area contributed by atoms with Crippen molar-refractivity contribution in [3.05, 3.63) is 0 Å². The molecule has 1 fully saturated rings. The number of carbonyl (C=O) groups excluding carboxylic acids is 1. The van der Waals surface area contributed by atoms with Gasteiger partial charge in [-0.3, -0.25) is 10.5 Å². The molecule has 0 aromatic heterocycles. The fourth-order valence-corrected chi connectivity index (χ4v) is 2.04. The molecule has 94 valence electrons. The van der Waals surface area contributed by atoms with E-state index in [1.54, 1.807) is 0 Å². The minimum atomic E-state index is -2.43. The molecule has 0 aromatic carbocycles. The Bertz CT molecular complexity index is 253. The molecule has 0 amide bonds. The lowest BCUT2D eigenvalue weighted by Gasteiger charge is -2.19. The SMILES string of the molecule is CC(C)CC1(CC(=O)OCC(N)(O)O)CC1. The quantitative estimate of drug-likeness (QED) is 0.453. The average Bonchev–Trinajstić information content (AvgIpc) is 2.79. The lowest BCUT2D eigenvalue weighted by atomic mass is 9.91. The van der Waals surface area contributed by atoms with Crippen molar-refractivity contribution in [2.45, 2.75) is 45.4 Å². The highest BCUT2D eigenvalue weighted by molar-refractivity contribution is 5.70. The van der Waals surface area contributed by atoms with E-state index in [1.165, 1.54) is 0 Å². The van der Waals surface area contributed by atoms with Gasteiger partial charge in [-0.2, -0.15) is 0 Å². The molecular weight excluding hydrogens is 210 g/mol. The van der Waals surface area contributed by atoms with Gasteiger partial charge in [0.05, 0.1) is 6.42 Å². The van der Waals surface area contributed by atoms with Crippen LogP contribution >= 0.6 is 0 Å². The van der Waals surface area contributed by atoms with Crippen LogP contribution in [0.25, 0.3) is 0 Å². The first-order valence-corrected chi connectivity index (χ1v) is 5.62. The molecule has 0 bridgehead atoms. The van der Waals surface area contributed by atoms with Crippen molar-refractivity contribution >= 4 is 5.97 Å². The Morgan fingerprint density at radius 1 is 1.50 bits per heavy atom. The summed E-state index contributed by atoms with van der Waals surface area (Å²) in [6.45, 7) is 3.67. The molecule has 0 aromatic rings. The molecule has 16 heavy (non-hydrogen) atoms. The van der Waals surface area contributed by atoms with E-state index < -0.39 is 18.5 Å². The normalized spacial score (nSPS) is 18.6. The zero-order valence-electron chi connectivity index (χ0n) is 9.90.